The molecule has 9 heteroatoms. The van der Waals surface area contributed by atoms with Gasteiger partial charge in [0, 0.05) is 10.4 Å². The van der Waals surface area contributed by atoms with Crippen LogP contribution in [-0.2, 0) is 15.1 Å². The van der Waals surface area contributed by atoms with E-state index in [2.05, 4.69) is 10.1 Å². The zero-order valence-electron chi connectivity index (χ0n) is 14.4. The first-order valence-corrected chi connectivity index (χ1v) is 9.07. The molecule has 1 aliphatic heterocycles. The number of thiophene rings is 1. The summed E-state index contributed by atoms with van der Waals surface area (Å²) in [4.78, 5) is 50.5. The van der Waals surface area contributed by atoms with E-state index in [1.165, 1.54) is 42.7 Å². The zero-order valence-corrected chi connectivity index (χ0v) is 16.0. The van der Waals surface area contributed by atoms with E-state index >= 15 is 0 Å². The number of hydrogen-bond acceptors (Lipinski definition) is 6. The number of esters is 1. The van der Waals surface area contributed by atoms with E-state index in [0.29, 0.717) is 14.8 Å². The molecule has 3 rings (SSSR count). The summed E-state index contributed by atoms with van der Waals surface area (Å²) in [5.41, 5.74) is -0.689. The Morgan fingerprint density at radius 3 is 2.33 bits per heavy atom. The molecule has 1 aromatic heterocycles. The predicted molar refractivity (Wildman–Crippen MR) is 99.0 cm³/mol. The topological polar surface area (TPSA) is 92.8 Å². The van der Waals surface area contributed by atoms with E-state index in [4.69, 9.17) is 11.6 Å². The molecule has 0 aliphatic carbocycles. The molecular weight excluding hydrogens is 392 g/mol. The normalized spacial score (nSPS) is 19.1. The second-order valence-electron chi connectivity index (χ2n) is 6.04. The standard InChI is InChI=1S/C18H15ClN2O5S/c1-18(13-7-8-14(19)27-13)16(24)21(17(25)20-18)9-12(22)10-3-5-11(6-4-10)15(23)26-2/h3-8H,9H2,1-2H3,(H,20,25). The van der Waals surface area contributed by atoms with E-state index in [1.807, 2.05) is 0 Å². The summed E-state index contributed by atoms with van der Waals surface area (Å²) in [6.07, 6.45) is 0. The van der Waals surface area contributed by atoms with Gasteiger partial charge in [-0.25, -0.2) is 9.59 Å². The van der Waals surface area contributed by atoms with Crippen LogP contribution in [0, 0.1) is 0 Å². The van der Waals surface area contributed by atoms with Crippen LogP contribution >= 0.6 is 22.9 Å². The Labute approximate surface area is 163 Å². The number of carbonyl (C=O) groups is 4. The van der Waals surface area contributed by atoms with Crippen molar-refractivity contribution in [1.82, 2.24) is 10.2 Å². The molecule has 3 amide bonds. The molecule has 2 aromatic rings. The van der Waals surface area contributed by atoms with Gasteiger partial charge in [0.2, 0.25) is 0 Å². The number of nitrogens with zero attached hydrogens (tertiary/aromatic N) is 1. The number of ether oxygens (including phenoxy) is 1. The fourth-order valence-electron chi connectivity index (χ4n) is 2.74. The average molecular weight is 407 g/mol. The van der Waals surface area contributed by atoms with Crippen molar-refractivity contribution in [2.75, 3.05) is 13.7 Å². The van der Waals surface area contributed by atoms with Crippen molar-refractivity contribution in [3.05, 3.63) is 56.7 Å². The number of halogens is 1. The number of amides is 3. The average Bonchev–Trinajstić information content (AvgIpc) is 3.19. The number of ketones is 1. The Hall–Kier alpha value is -2.71. The highest BCUT2D eigenvalue weighted by atomic mass is 35.5. The van der Waals surface area contributed by atoms with Gasteiger partial charge in [-0.1, -0.05) is 23.7 Å². The van der Waals surface area contributed by atoms with Crippen LogP contribution in [0.25, 0.3) is 0 Å². The van der Waals surface area contributed by atoms with Crippen LogP contribution in [0.1, 0.15) is 32.5 Å². The molecule has 1 N–H and O–H groups in total. The highest BCUT2D eigenvalue weighted by Crippen LogP contribution is 2.35. The van der Waals surface area contributed by atoms with Crippen LogP contribution in [0.15, 0.2) is 36.4 Å². The first-order valence-electron chi connectivity index (χ1n) is 7.88. The summed E-state index contributed by atoms with van der Waals surface area (Å²) in [7, 11) is 1.26. The summed E-state index contributed by atoms with van der Waals surface area (Å²) >= 11 is 7.11. The predicted octanol–water partition coefficient (Wildman–Crippen LogP) is 2.84. The lowest BCUT2D eigenvalue weighted by atomic mass is 10.0. The van der Waals surface area contributed by atoms with Gasteiger partial charge >= 0.3 is 12.0 Å². The summed E-state index contributed by atoms with van der Waals surface area (Å²) in [6.45, 7) is 1.17. The molecule has 2 heterocycles. The monoisotopic (exact) mass is 406 g/mol. The molecule has 7 nitrogen and oxygen atoms in total. The summed E-state index contributed by atoms with van der Waals surface area (Å²) < 4.78 is 5.09. The van der Waals surface area contributed by atoms with Crippen molar-refractivity contribution >= 4 is 46.6 Å². The van der Waals surface area contributed by atoms with Gasteiger partial charge in [0.1, 0.15) is 0 Å². The minimum Gasteiger partial charge on any atom is -0.465 e. The van der Waals surface area contributed by atoms with Crippen LogP contribution in [0.4, 0.5) is 4.79 Å². The Morgan fingerprint density at radius 2 is 1.78 bits per heavy atom. The Balaban J connectivity index is 1.77. The van der Waals surface area contributed by atoms with E-state index < -0.39 is 35.8 Å². The Bertz CT molecular complexity index is 939. The number of nitrogens with one attached hydrogen (secondary N) is 1. The van der Waals surface area contributed by atoms with Gasteiger partial charge < -0.3 is 10.1 Å². The molecule has 1 atom stereocenters. The van der Waals surface area contributed by atoms with E-state index in [1.54, 1.807) is 19.1 Å². The molecule has 1 saturated heterocycles. The maximum absolute atomic E-state index is 12.8. The van der Waals surface area contributed by atoms with Crippen LogP contribution < -0.4 is 5.32 Å². The highest BCUT2D eigenvalue weighted by molar-refractivity contribution is 7.16. The van der Waals surface area contributed by atoms with Crippen LogP contribution in [0.3, 0.4) is 0 Å². The first-order chi connectivity index (χ1) is 12.8. The number of imide groups is 1. The van der Waals surface area contributed by atoms with Crippen LogP contribution in [0.2, 0.25) is 4.34 Å². The molecule has 27 heavy (non-hydrogen) atoms. The van der Waals surface area contributed by atoms with E-state index in [0.717, 1.165) is 4.90 Å². The van der Waals surface area contributed by atoms with E-state index in [-0.39, 0.29) is 5.56 Å². The van der Waals surface area contributed by atoms with Gasteiger partial charge in [0.15, 0.2) is 11.3 Å². The van der Waals surface area contributed by atoms with Crippen molar-refractivity contribution in [3.63, 3.8) is 0 Å². The molecule has 1 fully saturated rings. The van der Waals surface area contributed by atoms with Gasteiger partial charge in [-0.15, -0.1) is 11.3 Å². The molecule has 0 saturated carbocycles. The molecule has 0 radical (unpaired) electrons. The first kappa shape index (κ1) is 19.1. The quantitative estimate of drug-likeness (QED) is 0.468. The number of rotatable bonds is 5. The molecule has 1 aliphatic rings. The lowest BCUT2D eigenvalue weighted by Crippen LogP contribution is -2.40. The third-order valence-corrected chi connectivity index (χ3v) is 5.72. The molecular formula is C18H15ClN2O5S. The molecule has 1 aromatic carbocycles. The largest absolute Gasteiger partial charge is 0.465 e. The van der Waals surface area contributed by atoms with Gasteiger partial charge in [0.25, 0.3) is 5.91 Å². The minimum absolute atomic E-state index is 0.274. The lowest BCUT2D eigenvalue weighted by Gasteiger charge is -2.19. The number of carbonyl (C=O) groups excluding carboxylic acids is 4. The van der Waals surface area contributed by atoms with Gasteiger partial charge in [-0.2, -0.15) is 0 Å². The Morgan fingerprint density at radius 1 is 1.15 bits per heavy atom. The molecule has 0 bridgehead atoms. The summed E-state index contributed by atoms with van der Waals surface area (Å²) in [5, 5.41) is 2.62. The molecule has 1 unspecified atom stereocenters. The lowest BCUT2D eigenvalue weighted by molar-refractivity contribution is -0.130. The van der Waals surface area contributed by atoms with Gasteiger partial charge in [-0.05, 0) is 31.2 Å². The highest BCUT2D eigenvalue weighted by Gasteiger charge is 2.50. The second kappa shape index (κ2) is 7.13. The van der Waals surface area contributed by atoms with Crippen molar-refractivity contribution in [1.29, 1.82) is 0 Å². The minimum atomic E-state index is -1.26. The number of benzene rings is 1. The number of methoxy groups -OCH3 is 1. The summed E-state index contributed by atoms with van der Waals surface area (Å²) in [5.74, 6) is -1.47. The second-order valence-corrected chi connectivity index (χ2v) is 7.76. The van der Waals surface area contributed by atoms with Crippen molar-refractivity contribution in [2.45, 2.75) is 12.5 Å². The maximum atomic E-state index is 12.8. The maximum Gasteiger partial charge on any atom is 0.337 e. The fraction of sp³-hybridized carbons (Fsp3) is 0.222. The number of hydrogen-bond donors (Lipinski definition) is 1. The third-order valence-electron chi connectivity index (χ3n) is 4.27. The van der Waals surface area contributed by atoms with Crippen molar-refractivity contribution in [3.8, 4) is 0 Å². The molecule has 140 valence electrons. The smallest absolute Gasteiger partial charge is 0.337 e. The third kappa shape index (κ3) is 3.45. The van der Waals surface area contributed by atoms with Gasteiger partial charge in [0.05, 0.1) is 23.6 Å². The SMILES string of the molecule is COC(=O)c1ccc(C(=O)CN2C(=O)NC(C)(c3ccc(Cl)s3)C2=O)cc1. The molecule has 0 spiro atoms. The number of urea groups is 1. The fourth-order valence-corrected chi connectivity index (χ4v) is 3.87. The van der Waals surface area contributed by atoms with E-state index in [9.17, 15) is 19.2 Å². The van der Waals surface area contributed by atoms with Crippen LogP contribution in [-0.4, -0.2) is 42.2 Å². The zero-order chi connectivity index (χ0) is 19.8. The van der Waals surface area contributed by atoms with Crippen molar-refractivity contribution in [2.24, 2.45) is 0 Å². The Kier molecular flexibility index (Phi) is 5.03. The van der Waals surface area contributed by atoms with Gasteiger partial charge in [-0.3, -0.25) is 14.5 Å². The summed E-state index contributed by atoms with van der Waals surface area (Å²) in [6, 6.07) is 8.46. The van der Waals surface area contributed by atoms with Crippen molar-refractivity contribution < 1.29 is 23.9 Å². The number of Topliss-reactive ketones (excluding diaryl/α,β-unsaturated/α-hetero) is 1. The van der Waals surface area contributed by atoms with Crippen LogP contribution in [0.5, 0.6) is 0 Å².